The second-order valence-electron chi connectivity index (χ2n) is 10.7. The lowest BCUT2D eigenvalue weighted by molar-refractivity contribution is -0.124. The van der Waals surface area contributed by atoms with Crippen LogP contribution in [0.3, 0.4) is 0 Å². The van der Waals surface area contributed by atoms with E-state index in [2.05, 4.69) is 15.6 Å². The van der Waals surface area contributed by atoms with E-state index in [1.807, 2.05) is 12.1 Å². The highest BCUT2D eigenvalue weighted by Gasteiger charge is 2.51. The molecule has 0 radical (unpaired) electrons. The minimum atomic E-state index is -0.950. The number of rotatable bonds is 7. The van der Waals surface area contributed by atoms with Gasteiger partial charge >= 0.3 is 0 Å². The molecule has 0 atom stereocenters. The fraction of sp³-hybridized carbons (Fsp3) is 0.393. The first-order valence-electron chi connectivity index (χ1n) is 12.6. The normalized spacial score (nSPS) is 25.7. The fourth-order valence-electron chi connectivity index (χ4n) is 6.80. The summed E-state index contributed by atoms with van der Waals surface area (Å²) in [6, 6.07) is 10.8. The fourth-order valence-corrected chi connectivity index (χ4v) is 8.37. The van der Waals surface area contributed by atoms with Gasteiger partial charge in [0.2, 0.25) is 5.91 Å². The van der Waals surface area contributed by atoms with Gasteiger partial charge < -0.3 is 5.32 Å². The van der Waals surface area contributed by atoms with Crippen molar-refractivity contribution in [3.05, 3.63) is 65.0 Å². The maximum Gasteiger partial charge on any atom is 0.258 e. The molecule has 0 aliphatic heterocycles. The van der Waals surface area contributed by atoms with Crippen molar-refractivity contribution >= 4 is 40.0 Å². The summed E-state index contributed by atoms with van der Waals surface area (Å²) < 4.78 is 26.8. The number of carbonyl (C=O) groups is 2. The Morgan fingerprint density at radius 3 is 2.41 bits per heavy atom. The van der Waals surface area contributed by atoms with Crippen molar-refractivity contribution in [2.75, 3.05) is 11.1 Å². The predicted molar refractivity (Wildman–Crippen MR) is 142 cm³/mol. The van der Waals surface area contributed by atoms with Gasteiger partial charge in [0, 0.05) is 21.4 Å². The Bertz CT molecular complexity index is 1320. The van der Waals surface area contributed by atoms with Crippen molar-refractivity contribution in [1.82, 2.24) is 10.3 Å². The molecule has 1 heterocycles. The van der Waals surface area contributed by atoms with Gasteiger partial charge in [0.25, 0.3) is 5.91 Å². The third kappa shape index (κ3) is 5.16. The van der Waals surface area contributed by atoms with Crippen LogP contribution in [0.2, 0.25) is 0 Å². The third-order valence-electron chi connectivity index (χ3n) is 7.87. The Hall–Kier alpha value is -2.78. The number of hydrogen-bond donors (Lipinski definition) is 2. The lowest BCUT2D eigenvalue weighted by Crippen LogP contribution is -2.60. The molecule has 4 aliphatic carbocycles. The van der Waals surface area contributed by atoms with Gasteiger partial charge in [0.15, 0.2) is 16.8 Å². The standard InChI is InChI=1S/C28H27F2N3O2S2/c29-21-6-5-19(10-22(21)30)23-14-37-27(31-23)32-26(35)20-3-1-2-4-24(20)36-15-25(34)33-28-11-16-7-17(12-28)9-18(8-16)13-28/h1-6,10,14,16-18H,7-9,11-13,15H2,(H,33,34)(H,31,32,35). The van der Waals surface area contributed by atoms with Crippen LogP contribution in [-0.4, -0.2) is 28.1 Å². The molecular formula is C28H27F2N3O2S2. The molecule has 4 saturated carbocycles. The lowest BCUT2D eigenvalue weighted by atomic mass is 9.53. The van der Waals surface area contributed by atoms with Gasteiger partial charge in [0.05, 0.1) is 17.0 Å². The van der Waals surface area contributed by atoms with E-state index in [9.17, 15) is 18.4 Å². The first-order valence-corrected chi connectivity index (χ1v) is 14.5. The van der Waals surface area contributed by atoms with E-state index in [4.69, 9.17) is 0 Å². The van der Waals surface area contributed by atoms with Crippen molar-refractivity contribution in [2.45, 2.75) is 49.0 Å². The van der Waals surface area contributed by atoms with Gasteiger partial charge in [-0.05, 0) is 86.6 Å². The molecule has 4 fully saturated rings. The molecule has 5 nitrogen and oxygen atoms in total. The highest BCUT2D eigenvalue weighted by molar-refractivity contribution is 8.00. The molecule has 4 bridgehead atoms. The molecule has 2 amide bonds. The van der Waals surface area contributed by atoms with Crippen molar-refractivity contribution in [2.24, 2.45) is 17.8 Å². The highest BCUT2D eigenvalue weighted by atomic mass is 32.2. The summed E-state index contributed by atoms with van der Waals surface area (Å²) in [7, 11) is 0. The summed E-state index contributed by atoms with van der Waals surface area (Å²) in [5.41, 5.74) is 1.30. The number of benzene rings is 2. The molecule has 2 aromatic carbocycles. The molecule has 9 heteroatoms. The highest BCUT2D eigenvalue weighted by Crippen LogP contribution is 2.55. The quantitative estimate of drug-likeness (QED) is 0.336. The zero-order valence-corrected chi connectivity index (χ0v) is 21.8. The smallest absolute Gasteiger partial charge is 0.258 e. The Labute approximate surface area is 222 Å². The topological polar surface area (TPSA) is 71.1 Å². The molecule has 0 saturated heterocycles. The number of thiazole rings is 1. The van der Waals surface area contributed by atoms with Crippen molar-refractivity contribution in [3.63, 3.8) is 0 Å². The number of thioether (sulfide) groups is 1. The van der Waals surface area contributed by atoms with E-state index in [1.165, 1.54) is 48.4 Å². The minimum absolute atomic E-state index is 0.0262. The van der Waals surface area contributed by atoms with Gasteiger partial charge in [-0.15, -0.1) is 23.1 Å². The van der Waals surface area contributed by atoms with Crippen LogP contribution in [0.5, 0.6) is 0 Å². The Kier molecular flexibility index (Phi) is 6.52. The molecule has 1 aromatic heterocycles. The van der Waals surface area contributed by atoms with Gasteiger partial charge in [-0.1, -0.05) is 12.1 Å². The van der Waals surface area contributed by atoms with E-state index >= 15 is 0 Å². The zero-order valence-electron chi connectivity index (χ0n) is 20.1. The molecule has 37 heavy (non-hydrogen) atoms. The Morgan fingerprint density at radius 1 is 1.00 bits per heavy atom. The molecule has 4 aliphatic rings. The maximum absolute atomic E-state index is 13.6. The lowest BCUT2D eigenvalue weighted by Gasteiger charge is -2.56. The molecule has 3 aromatic rings. The average Bonchev–Trinajstić information content (AvgIpc) is 3.32. The number of carbonyl (C=O) groups excluding carboxylic acids is 2. The second kappa shape index (κ2) is 9.83. The summed E-state index contributed by atoms with van der Waals surface area (Å²) in [4.78, 5) is 31.1. The SMILES string of the molecule is O=C(CSc1ccccc1C(=O)Nc1nc(-c2ccc(F)c(F)c2)cs1)NC12CC3CC(CC(C3)C1)C2. The molecular weight excluding hydrogens is 512 g/mol. The van der Waals surface area contributed by atoms with Crippen LogP contribution in [0.4, 0.5) is 13.9 Å². The van der Waals surface area contributed by atoms with Gasteiger partial charge in [-0.3, -0.25) is 14.9 Å². The molecule has 2 N–H and O–H groups in total. The van der Waals surface area contributed by atoms with Crippen LogP contribution in [0.25, 0.3) is 11.3 Å². The van der Waals surface area contributed by atoms with Gasteiger partial charge in [0.1, 0.15) is 0 Å². The van der Waals surface area contributed by atoms with Crippen molar-refractivity contribution in [1.29, 1.82) is 0 Å². The van der Waals surface area contributed by atoms with Crippen LogP contribution in [0.15, 0.2) is 52.7 Å². The summed E-state index contributed by atoms with van der Waals surface area (Å²) in [6.07, 6.45) is 7.30. The Balaban J connectivity index is 1.09. The minimum Gasteiger partial charge on any atom is -0.350 e. The first kappa shape index (κ1) is 24.6. The van der Waals surface area contributed by atoms with Crippen molar-refractivity contribution < 1.29 is 18.4 Å². The van der Waals surface area contributed by atoms with Crippen LogP contribution in [0.1, 0.15) is 48.9 Å². The van der Waals surface area contributed by atoms with E-state index < -0.39 is 11.6 Å². The zero-order chi connectivity index (χ0) is 25.6. The largest absolute Gasteiger partial charge is 0.350 e. The summed E-state index contributed by atoms with van der Waals surface area (Å²) in [6.45, 7) is 0. The number of halogens is 2. The van der Waals surface area contributed by atoms with E-state index in [0.717, 1.165) is 54.0 Å². The number of hydrogen-bond acceptors (Lipinski definition) is 5. The van der Waals surface area contributed by atoms with Crippen LogP contribution >= 0.6 is 23.1 Å². The number of anilines is 1. The summed E-state index contributed by atoms with van der Waals surface area (Å²) in [5, 5.41) is 8.21. The monoisotopic (exact) mass is 539 g/mol. The van der Waals surface area contributed by atoms with E-state index in [0.29, 0.717) is 22.0 Å². The van der Waals surface area contributed by atoms with Crippen LogP contribution < -0.4 is 10.6 Å². The molecule has 7 rings (SSSR count). The van der Waals surface area contributed by atoms with Gasteiger partial charge in [-0.2, -0.15) is 0 Å². The number of nitrogens with one attached hydrogen (secondary N) is 2. The van der Waals surface area contributed by atoms with Crippen LogP contribution in [-0.2, 0) is 4.79 Å². The third-order valence-corrected chi connectivity index (χ3v) is 9.70. The van der Waals surface area contributed by atoms with Gasteiger partial charge in [-0.25, -0.2) is 13.8 Å². The maximum atomic E-state index is 13.6. The van der Waals surface area contributed by atoms with Crippen LogP contribution in [0, 0.1) is 29.4 Å². The molecule has 0 unspecified atom stereocenters. The summed E-state index contributed by atoms with van der Waals surface area (Å²) >= 11 is 2.56. The number of amides is 2. The van der Waals surface area contributed by atoms with E-state index in [1.54, 1.807) is 17.5 Å². The first-order chi connectivity index (χ1) is 17.9. The number of aromatic nitrogens is 1. The van der Waals surface area contributed by atoms with E-state index in [-0.39, 0.29) is 23.1 Å². The molecule has 0 spiro atoms. The predicted octanol–water partition coefficient (Wildman–Crippen LogP) is 6.52. The number of nitrogens with zero attached hydrogens (tertiary/aromatic N) is 1. The summed E-state index contributed by atoms with van der Waals surface area (Å²) in [5.74, 6) is 0.353. The molecule has 192 valence electrons. The van der Waals surface area contributed by atoms with Crippen molar-refractivity contribution in [3.8, 4) is 11.3 Å². The second-order valence-corrected chi connectivity index (χ2v) is 12.5. The Morgan fingerprint density at radius 2 is 1.70 bits per heavy atom. The average molecular weight is 540 g/mol.